The van der Waals surface area contributed by atoms with Crippen LogP contribution >= 0.6 is 24.8 Å². The summed E-state index contributed by atoms with van der Waals surface area (Å²) in [5, 5.41) is 3.92. The Morgan fingerprint density at radius 1 is 1.15 bits per heavy atom. The number of nitrogens with zero attached hydrogens (tertiary/aromatic N) is 1. The zero-order valence-corrected chi connectivity index (χ0v) is 17.3. The van der Waals surface area contributed by atoms with Crippen molar-refractivity contribution in [1.82, 2.24) is 4.90 Å². The van der Waals surface area contributed by atoms with Crippen molar-refractivity contribution in [1.29, 1.82) is 0 Å². The van der Waals surface area contributed by atoms with Crippen LogP contribution in [-0.4, -0.2) is 42.6 Å². The van der Waals surface area contributed by atoms with Gasteiger partial charge in [-0.05, 0) is 68.7 Å². The maximum atomic E-state index is 12.9. The highest BCUT2D eigenvalue weighted by atomic mass is 35.5. The molecule has 148 valence electrons. The number of piperidine rings is 1. The van der Waals surface area contributed by atoms with Crippen LogP contribution in [0.3, 0.4) is 0 Å². The van der Waals surface area contributed by atoms with Crippen molar-refractivity contribution in [2.75, 3.05) is 25.5 Å². The van der Waals surface area contributed by atoms with Crippen LogP contribution in [0.4, 0.5) is 5.69 Å². The highest BCUT2D eigenvalue weighted by Crippen LogP contribution is 2.74. The molecule has 6 heteroatoms. The smallest absolute Gasteiger partial charge is 0.311 e. The van der Waals surface area contributed by atoms with E-state index in [1.807, 2.05) is 0 Å². The van der Waals surface area contributed by atoms with Crippen molar-refractivity contribution in [3.05, 3.63) is 29.8 Å². The van der Waals surface area contributed by atoms with Crippen LogP contribution in [0.2, 0.25) is 0 Å². The molecule has 3 aliphatic heterocycles. The van der Waals surface area contributed by atoms with E-state index in [9.17, 15) is 4.79 Å². The molecule has 6 aliphatic rings. The Balaban J connectivity index is 0.000000900. The Morgan fingerprint density at radius 3 is 2.78 bits per heavy atom. The second-order valence-electron chi connectivity index (χ2n) is 9.05. The molecule has 3 aliphatic carbocycles. The van der Waals surface area contributed by atoms with Crippen LogP contribution in [0, 0.1) is 11.3 Å². The Hall–Kier alpha value is -0.970. The fourth-order valence-corrected chi connectivity index (χ4v) is 8.03. The zero-order valence-electron chi connectivity index (χ0n) is 15.7. The van der Waals surface area contributed by atoms with Gasteiger partial charge in [0.25, 0.3) is 0 Å². The van der Waals surface area contributed by atoms with Crippen molar-refractivity contribution in [2.45, 2.75) is 55.5 Å². The van der Waals surface area contributed by atoms with Gasteiger partial charge in [0.15, 0.2) is 0 Å². The second-order valence-corrected chi connectivity index (χ2v) is 9.05. The molecule has 0 aromatic heterocycles. The molecule has 2 saturated heterocycles. The molecule has 3 saturated carbocycles. The van der Waals surface area contributed by atoms with Gasteiger partial charge < -0.3 is 10.1 Å². The van der Waals surface area contributed by atoms with Gasteiger partial charge in [-0.3, -0.25) is 9.69 Å². The predicted octanol–water partition coefficient (Wildman–Crippen LogP) is 3.77. The molecule has 5 fully saturated rings. The predicted molar refractivity (Wildman–Crippen MR) is 110 cm³/mol. The molecule has 5 atom stereocenters. The number of carbonyl (C=O) groups is 1. The third-order valence-electron chi connectivity index (χ3n) is 8.60. The zero-order chi connectivity index (χ0) is 16.9. The lowest BCUT2D eigenvalue weighted by Crippen LogP contribution is -2.76. The molecule has 4 nitrogen and oxygen atoms in total. The molecule has 3 heterocycles. The number of para-hydroxylation sites is 1. The highest BCUT2D eigenvalue weighted by Gasteiger charge is 2.78. The summed E-state index contributed by atoms with van der Waals surface area (Å²) in [4.78, 5) is 15.7. The molecule has 2 bridgehead atoms. The van der Waals surface area contributed by atoms with Gasteiger partial charge >= 0.3 is 5.97 Å². The van der Waals surface area contributed by atoms with Crippen molar-refractivity contribution >= 4 is 36.5 Å². The van der Waals surface area contributed by atoms with Gasteiger partial charge in [0.05, 0.1) is 18.6 Å². The number of hydrogen-bond acceptors (Lipinski definition) is 4. The summed E-state index contributed by atoms with van der Waals surface area (Å²) < 4.78 is 5.33. The SMILES string of the molecule is COC(=O)[C@@H]1C[C@@]23CCCN4CC[C@@]5(c6ccccc6N[C@@]15CC2)[C@@H]43.Cl.Cl. The Kier molecular flexibility index (Phi) is 4.31. The summed E-state index contributed by atoms with van der Waals surface area (Å²) >= 11 is 0. The standard InChI is InChI=1S/C21H26N2O2.2ClH/c1-25-17(24)15-13-19-7-4-11-23-12-10-20(18(19)23)14-5-2-3-6-16(14)22-21(15,20)9-8-19;;/h2-3,5-6,15,18,22H,4,7-13H2,1H3;2*1H/t15-,18-,19+,20+,21-;;/m0../s1. The van der Waals surface area contributed by atoms with E-state index in [1.165, 1.54) is 50.0 Å². The fourth-order valence-electron chi connectivity index (χ4n) is 8.03. The molecule has 0 radical (unpaired) electrons. The number of fused-ring (bicyclic) bond motifs is 3. The second kappa shape index (κ2) is 6.01. The number of carbonyl (C=O) groups excluding carboxylic acids is 1. The normalized spacial score (nSPS) is 42.7. The lowest BCUT2D eigenvalue weighted by atomic mass is 9.39. The number of rotatable bonds is 1. The molecule has 1 N–H and O–H groups in total. The summed E-state index contributed by atoms with van der Waals surface area (Å²) in [6.45, 7) is 2.41. The van der Waals surface area contributed by atoms with E-state index < -0.39 is 0 Å². The Labute approximate surface area is 173 Å². The monoisotopic (exact) mass is 410 g/mol. The Bertz CT molecular complexity index is 789. The van der Waals surface area contributed by atoms with Crippen molar-refractivity contribution < 1.29 is 9.53 Å². The van der Waals surface area contributed by atoms with Gasteiger partial charge in [0.2, 0.25) is 0 Å². The van der Waals surface area contributed by atoms with Crippen molar-refractivity contribution in [2.24, 2.45) is 11.3 Å². The van der Waals surface area contributed by atoms with Crippen LogP contribution in [-0.2, 0) is 14.9 Å². The lowest BCUT2D eigenvalue weighted by Gasteiger charge is -2.69. The third kappa shape index (κ3) is 1.93. The van der Waals surface area contributed by atoms with E-state index in [0.717, 1.165) is 12.8 Å². The molecule has 27 heavy (non-hydrogen) atoms. The summed E-state index contributed by atoms with van der Waals surface area (Å²) in [7, 11) is 1.56. The van der Waals surface area contributed by atoms with Crippen LogP contribution < -0.4 is 5.32 Å². The summed E-state index contributed by atoms with van der Waals surface area (Å²) in [5.41, 5.74) is 2.97. The van der Waals surface area contributed by atoms with E-state index in [1.54, 1.807) is 7.11 Å². The van der Waals surface area contributed by atoms with Crippen LogP contribution in [0.25, 0.3) is 0 Å². The summed E-state index contributed by atoms with van der Waals surface area (Å²) in [6, 6.07) is 9.45. The summed E-state index contributed by atoms with van der Waals surface area (Å²) in [5.74, 6) is -0.0193. The average molecular weight is 411 g/mol. The van der Waals surface area contributed by atoms with E-state index in [2.05, 4.69) is 34.5 Å². The first-order valence-corrected chi connectivity index (χ1v) is 9.87. The molecule has 1 aromatic carbocycles. The fraction of sp³-hybridized carbons (Fsp3) is 0.667. The largest absolute Gasteiger partial charge is 0.469 e. The average Bonchev–Trinajstić information content (AvgIpc) is 3.19. The first kappa shape index (κ1) is 19.4. The number of nitrogens with one attached hydrogen (secondary N) is 1. The van der Waals surface area contributed by atoms with Gasteiger partial charge in [0, 0.05) is 17.1 Å². The molecular formula is C21H28Cl2N2O2. The topological polar surface area (TPSA) is 41.6 Å². The molecular weight excluding hydrogens is 383 g/mol. The number of halogens is 2. The minimum atomic E-state index is -0.151. The number of ether oxygens (including phenoxy) is 1. The van der Waals surface area contributed by atoms with Gasteiger partial charge in [-0.1, -0.05) is 18.2 Å². The van der Waals surface area contributed by atoms with E-state index in [4.69, 9.17) is 4.74 Å². The van der Waals surface area contributed by atoms with Gasteiger partial charge in [0.1, 0.15) is 0 Å². The highest BCUT2D eigenvalue weighted by molar-refractivity contribution is 5.85. The van der Waals surface area contributed by atoms with E-state index in [-0.39, 0.29) is 47.7 Å². The lowest BCUT2D eigenvalue weighted by molar-refractivity contribution is -0.171. The minimum absolute atomic E-state index is 0. The van der Waals surface area contributed by atoms with Gasteiger partial charge in [-0.2, -0.15) is 0 Å². The molecule has 1 aromatic rings. The number of esters is 1. The van der Waals surface area contributed by atoms with Crippen LogP contribution in [0.1, 0.15) is 44.1 Å². The maximum Gasteiger partial charge on any atom is 0.311 e. The first-order chi connectivity index (χ1) is 12.2. The van der Waals surface area contributed by atoms with Crippen molar-refractivity contribution in [3.63, 3.8) is 0 Å². The number of benzene rings is 1. The number of anilines is 1. The molecule has 7 rings (SSSR count). The van der Waals surface area contributed by atoms with E-state index in [0.29, 0.717) is 11.5 Å². The third-order valence-corrected chi connectivity index (χ3v) is 8.60. The first-order valence-electron chi connectivity index (χ1n) is 9.87. The number of methoxy groups -OCH3 is 1. The van der Waals surface area contributed by atoms with Gasteiger partial charge in [-0.25, -0.2) is 0 Å². The van der Waals surface area contributed by atoms with Crippen molar-refractivity contribution in [3.8, 4) is 0 Å². The molecule has 0 unspecified atom stereocenters. The van der Waals surface area contributed by atoms with Crippen LogP contribution in [0.15, 0.2) is 24.3 Å². The Morgan fingerprint density at radius 2 is 1.96 bits per heavy atom. The van der Waals surface area contributed by atoms with Gasteiger partial charge in [-0.15, -0.1) is 24.8 Å². The van der Waals surface area contributed by atoms with Crippen LogP contribution in [0.5, 0.6) is 0 Å². The molecule has 3 spiro atoms. The van der Waals surface area contributed by atoms with E-state index >= 15 is 0 Å². The minimum Gasteiger partial charge on any atom is -0.469 e. The quantitative estimate of drug-likeness (QED) is 0.715. The summed E-state index contributed by atoms with van der Waals surface area (Å²) in [6.07, 6.45) is 7.10. The number of hydrogen-bond donors (Lipinski definition) is 1. The maximum absolute atomic E-state index is 12.9. The molecule has 0 amide bonds.